The molecule has 2 heterocycles. The van der Waals surface area contributed by atoms with E-state index in [1.54, 1.807) is 0 Å². The maximum Gasteiger partial charge on any atom is 0.321 e. The summed E-state index contributed by atoms with van der Waals surface area (Å²) in [6.45, 7) is 1.87. The van der Waals surface area contributed by atoms with Gasteiger partial charge in [-0.15, -0.1) is 0 Å². The van der Waals surface area contributed by atoms with E-state index in [2.05, 4.69) is 10.6 Å². The van der Waals surface area contributed by atoms with Gasteiger partial charge in [0, 0.05) is 5.70 Å². The number of rotatable bonds is 0. The van der Waals surface area contributed by atoms with Crippen molar-refractivity contribution in [2.45, 2.75) is 19.3 Å². The summed E-state index contributed by atoms with van der Waals surface area (Å²) in [5.74, 6) is 0. The minimum absolute atomic E-state index is 0.0695. The van der Waals surface area contributed by atoms with Crippen LogP contribution in [0, 0.1) is 0 Å². The highest BCUT2D eigenvalue weighted by atomic mass is 16.6. The van der Waals surface area contributed by atoms with Crippen LogP contribution >= 0.6 is 0 Å². The number of carbonyl (C=O) groups is 1. The molecule has 2 fully saturated rings. The van der Waals surface area contributed by atoms with Gasteiger partial charge in [-0.25, -0.2) is 4.79 Å². The molecule has 10 heavy (non-hydrogen) atoms. The average molecular weight is 140 g/mol. The van der Waals surface area contributed by atoms with Crippen molar-refractivity contribution in [3.8, 4) is 0 Å². The van der Waals surface area contributed by atoms with E-state index in [0.717, 1.165) is 5.70 Å². The molecule has 0 aliphatic carbocycles. The Bertz CT molecular complexity index is 212. The molecule has 0 bridgehead atoms. The highest BCUT2D eigenvalue weighted by molar-refractivity contribution is 5.78. The molecule has 2 saturated heterocycles. The van der Waals surface area contributed by atoms with E-state index < -0.39 is 0 Å². The summed E-state index contributed by atoms with van der Waals surface area (Å²) >= 11 is 0. The predicted octanol–water partition coefficient (Wildman–Crippen LogP) is -0.0721. The van der Waals surface area contributed by atoms with Gasteiger partial charge in [-0.3, -0.25) is 0 Å². The molecule has 0 aromatic carbocycles. The maximum atomic E-state index is 10.7. The van der Waals surface area contributed by atoms with Crippen LogP contribution in [0.2, 0.25) is 0 Å². The van der Waals surface area contributed by atoms with Gasteiger partial charge in [-0.05, 0) is 6.92 Å². The lowest BCUT2D eigenvalue weighted by Gasteiger charge is -2.11. The fourth-order valence-corrected chi connectivity index (χ4v) is 1.06. The minimum Gasteiger partial charge on any atom is -0.341 e. The quantitative estimate of drug-likeness (QED) is 0.463. The van der Waals surface area contributed by atoms with E-state index in [1.807, 2.05) is 13.0 Å². The number of hydrogen-bond acceptors (Lipinski definition) is 2. The van der Waals surface area contributed by atoms with E-state index in [9.17, 15) is 4.79 Å². The van der Waals surface area contributed by atoms with Crippen LogP contribution in [0.25, 0.3) is 0 Å². The first-order valence-electron chi connectivity index (χ1n) is 3.20. The first kappa shape index (κ1) is 5.73. The number of fused-ring (bicyclic) bond motifs is 1. The normalized spacial score (nSPS) is 40.1. The minimum atomic E-state index is -0.174. The van der Waals surface area contributed by atoms with E-state index in [4.69, 9.17) is 4.74 Å². The van der Waals surface area contributed by atoms with Crippen molar-refractivity contribution in [3.05, 3.63) is 11.8 Å². The topological polar surface area (TPSA) is 53.7 Å². The summed E-state index contributed by atoms with van der Waals surface area (Å²) in [7, 11) is 0. The highest BCUT2D eigenvalue weighted by Crippen LogP contribution is 2.27. The summed E-state index contributed by atoms with van der Waals surface area (Å²) in [6, 6.07) is -0.174. The molecule has 2 aliphatic rings. The van der Waals surface area contributed by atoms with E-state index in [-0.39, 0.29) is 18.4 Å². The van der Waals surface area contributed by atoms with Crippen LogP contribution < -0.4 is 10.6 Å². The Balaban J connectivity index is 2.16. The number of carbonyl (C=O) groups excluding carboxylic acids is 1. The second kappa shape index (κ2) is 1.73. The molecule has 2 unspecified atom stereocenters. The number of allylic oxidation sites excluding steroid dienone is 1. The van der Waals surface area contributed by atoms with Gasteiger partial charge in [0.05, 0.1) is 0 Å². The van der Waals surface area contributed by atoms with Crippen molar-refractivity contribution >= 4 is 6.03 Å². The summed E-state index contributed by atoms with van der Waals surface area (Å²) in [6.07, 6.45) is 1.87. The Morgan fingerprint density at radius 2 is 2.50 bits per heavy atom. The molecule has 0 aromatic rings. The molecule has 2 amide bonds. The molecule has 2 rings (SSSR count). The molecular weight excluding hydrogens is 132 g/mol. The van der Waals surface area contributed by atoms with Crippen molar-refractivity contribution < 1.29 is 9.53 Å². The molecule has 54 valence electrons. The number of epoxide rings is 1. The van der Waals surface area contributed by atoms with Crippen LogP contribution in [0.4, 0.5) is 4.79 Å². The Morgan fingerprint density at radius 3 is 3.20 bits per heavy atom. The van der Waals surface area contributed by atoms with Gasteiger partial charge in [-0.2, -0.15) is 0 Å². The smallest absolute Gasteiger partial charge is 0.321 e. The lowest BCUT2D eigenvalue weighted by Crippen LogP contribution is -2.43. The highest BCUT2D eigenvalue weighted by Gasteiger charge is 2.46. The van der Waals surface area contributed by atoms with Crippen molar-refractivity contribution in [1.82, 2.24) is 10.6 Å². The maximum absolute atomic E-state index is 10.7. The van der Waals surface area contributed by atoms with Gasteiger partial charge >= 0.3 is 6.03 Å². The monoisotopic (exact) mass is 140 g/mol. The second-order valence-electron chi connectivity index (χ2n) is 2.32. The summed E-state index contributed by atoms with van der Waals surface area (Å²) in [5.41, 5.74) is 0.869. The first-order valence-corrected chi connectivity index (χ1v) is 3.20. The third-order valence-corrected chi connectivity index (χ3v) is 1.64. The van der Waals surface area contributed by atoms with Gasteiger partial charge < -0.3 is 15.4 Å². The zero-order valence-electron chi connectivity index (χ0n) is 5.55. The van der Waals surface area contributed by atoms with Crippen LogP contribution in [0.15, 0.2) is 11.8 Å². The molecule has 2 atom stereocenters. The van der Waals surface area contributed by atoms with Gasteiger partial charge in [0.1, 0.15) is 6.10 Å². The molecule has 2 aliphatic heterocycles. The molecule has 0 spiro atoms. The van der Waals surface area contributed by atoms with Crippen molar-refractivity contribution in [3.63, 3.8) is 0 Å². The Hall–Kier alpha value is -1.03. The molecule has 0 radical (unpaired) electrons. The number of nitrogens with one attached hydrogen (secondary N) is 2. The van der Waals surface area contributed by atoms with Gasteiger partial charge in [-0.1, -0.05) is 6.08 Å². The average Bonchev–Trinajstić information content (AvgIpc) is 2.64. The van der Waals surface area contributed by atoms with E-state index in [0.29, 0.717) is 0 Å². The zero-order chi connectivity index (χ0) is 7.14. The zero-order valence-corrected chi connectivity index (χ0v) is 5.55. The molecule has 0 saturated carbocycles. The number of urea groups is 1. The van der Waals surface area contributed by atoms with Crippen molar-refractivity contribution in [2.24, 2.45) is 0 Å². The third-order valence-electron chi connectivity index (χ3n) is 1.64. The first-order chi connectivity index (χ1) is 4.81. The van der Waals surface area contributed by atoms with Crippen LogP contribution in [-0.4, -0.2) is 18.4 Å². The molecular formula is C6H8N2O2. The van der Waals surface area contributed by atoms with E-state index >= 15 is 0 Å². The van der Waals surface area contributed by atoms with Gasteiger partial charge in [0.15, 0.2) is 6.23 Å². The standard InChI is InChI=1S/C6H8N2O2/c1-2-3-4-5(10-4)8-6(9)7-3/h2,4-5H,1H3,(H2,7,8,9)/b3-2+. The van der Waals surface area contributed by atoms with Crippen LogP contribution in [-0.2, 0) is 4.74 Å². The molecule has 4 heteroatoms. The summed E-state index contributed by atoms with van der Waals surface area (Å²) in [4.78, 5) is 10.7. The Kier molecular flexibility index (Phi) is 0.990. The SMILES string of the molecule is C/C=C1/NC(=O)NC2OC12. The lowest BCUT2D eigenvalue weighted by atomic mass is 10.2. The van der Waals surface area contributed by atoms with Gasteiger partial charge in [0.25, 0.3) is 0 Å². The Labute approximate surface area is 58.2 Å². The van der Waals surface area contributed by atoms with Crippen molar-refractivity contribution in [2.75, 3.05) is 0 Å². The lowest BCUT2D eigenvalue weighted by molar-refractivity contribution is 0.238. The van der Waals surface area contributed by atoms with Crippen molar-refractivity contribution in [1.29, 1.82) is 0 Å². The number of ether oxygens (including phenoxy) is 1. The Morgan fingerprint density at radius 1 is 1.70 bits per heavy atom. The fraction of sp³-hybridized carbons (Fsp3) is 0.500. The molecule has 0 aromatic heterocycles. The van der Waals surface area contributed by atoms with Crippen LogP contribution in [0.3, 0.4) is 0 Å². The third kappa shape index (κ3) is 0.690. The largest absolute Gasteiger partial charge is 0.341 e. The molecule has 2 N–H and O–H groups in total. The molecule has 4 nitrogen and oxygen atoms in total. The predicted molar refractivity (Wildman–Crippen MR) is 34.1 cm³/mol. The fourth-order valence-electron chi connectivity index (χ4n) is 1.06. The van der Waals surface area contributed by atoms with Crippen LogP contribution in [0.5, 0.6) is 0 Å². The van der Waals surface area contributed by atoms with Gasteiger partial charge in [0.2, 0.25) is 0 Å². The van der Waals surface area contributed by atoms with E-state index in [1.165, 1.54) is 0 Å². The number of hydrogen-bond donors (Lipinski definition) is 2. The summed E-state index contributed by atoms with van der Waals surface area (Å²) < 4.78 is 5.09. The second-order valence-corrected chi connectivity index (χ2v) is 2.32. The number of amides is 2. The summed E-state index contributed by atoms with van der Waals surface area (Å²) in [5, 5.41) is 5.25. The van der Waals surface area contributed by atoms with Crippen LogP contribution in [0.1, 0.15) is 6.92 Å².